The maximum absolute atomic E-state index is 13.4. The lowest BCUT2D eigenvalue weighted by molar-refractivity contribution is 0.0692. The van der Waals surface area contributed by atoms with Crippen molar-refractivity contribution < 1.29 is 22.0 Å². The van der Waals surface area contributed by atoms with Gasteiger partial charge in [0, 0.05) is 37.8 Å². The Hall–Kier alpha value is -2.33. The summed E-state index contributed by atoms with van der Waals surface area (Å²) in [6, 6.07) is 4.25. The van der Waals surface area contributed by atoms with Gasteiger partial charge in [0.1, 0.15) is 5.69 Å². The van der Waals surface area contributed by atoms with Gasteiger partial charge < -0.3 is 4.90 Å². The molecule has 4 rings (SSSR count). The van der Waals surface area contributed by atoms with E-state index in [0.29, 0.717) is 17.7 Å². The maximum Gasteiger partial charge on any atom is 0.274 e. The number of benzene rings is 1. The highest BCUT2D eigenvalue weighted by Gasteiger charge is 2.32. The Bertz CT molecular complexity index is 980. The number of sulfonamides is 1. The van der Waals surface area contributed by atoms with E-state index in [1.165, 1.54) is 4.31 Å². The van der Waals surface area contributed by atoms with Gasteiger partial charge in [-0.3, -0.25) is 9.89 Å². The molecule has 144 valence electrons. The molecule has 0 unspecified atom stereocenters. The maximum atomic E-state index is 13.4. The van der Waals surface area contributed by atoms with E-state index in [1.807, 2.05) is 0 Å². The van der Waals surface area contributed by atoms with Crippen LogP contribution in [0.4, 0.5) is 8.78 Å². The predicted octanol–water partition coefficient (Wildman–Crippen LogP) is 1.71. The second-order valence-corrected chi connectivity index (χ2v) is 8.69. The number of aromatic amines is 1. The molecule has 1 aliphatic heterocycles. The van der Waals surface area contributed by atoms with Crippen LogP contribution in [0.25, 0.3) is 0 Å². The Morgan fingerprint density at radius 1 is 1.07 bits per heavy atom. The Balaban J connectivity index is 1.43. The molecule has 1 aromatic heterocycles. The fourth-order valence-electron chi connectivity index (χ4n) is 3.13. The van der Waals surface area contributed by atoms with E-state index in [1.54, 1.807) is 11.0 Å². The molecule has 1 amide bonds. The van der Waals surface area contributed by atoms with Crippen molar-refractivity contribution in [3.63, 3.8) is 0 Å². The molecule has 1 saturated heterocycles. The van der Waals surface area contributed by atoms with Crippen LogP contribution in [0, 0.1) is 11.6 Å². The molecule has 1 saturated carbocycles. The topological polar surface area (TPSA) is 86.4 Å². The minimum absolute atomic E-state index is 0.0764. The van der Waals surface area contributed by atoms with Gasteiger partial charge in [0.2, 0.25) is 10.0 Å². The van der Waals surface area contributed by atoms with E-state index in [9.17, 15) is 22.0 Å². The van der Waals surface area contributed by atoms with Gasteiger partial charge >= 0.3 is 0 Å². The molecule has 10 heteroatoms. The van der Waals surface area contributed by atoms with E-state index in [0.717, 1.165) is 30.7 Å². The highest BCUT2D eigenvalue weighted by molar-refractivity contribution is 7.89. The SMILES string of the molecule is O=C(c1cc(C2CC2)[nH]n1)N1CCN(S(=O)(=O)c2ccc(F)c(F)c2)CC1. The van der Waals surface area contributed by atoms with E-state index in [2.05, 4.69) is 10.2 Å². The minimum atomic E-state index is -3.95. The molecular weight excluding hydrogens is 378 g/mol. The number of piperazine rings is 1. The zero-order valence-electron chi connectivity index (χ0n) is 14.4. The van der Waals surface area contributed by atoms with Crippen molar-refractivity contribution in [1.82, 2.24) is 19.4 Å². The van der Waals surface area contributed by atoms with Gasteiger partial charge in [-0.2, -0.15) is 9.40 Å². The third-order valence-electron chi connectivity index (χ3n) is 4.89. The molecule has 1 aromatic carbocycles. The first-order chi connectivity index (χ1) is 12.9. The van der Waals surface area contributed by atoms with Gasteiger partial charge in [-0.1, -0.05) is 0 Å². The smallest absolute Gasteiger partial charge is 0.274 e. The highest BCUT2D eigenvalue weighted by Crippen LogP contribution is 2.39. The molecule has 2 aromatic rings. The number of amides is 1. The zero-order valence-corrected chi connectivity index (χ0v) is 15.2. The number of nitrogens with one attached hydrogen (secondary N) is 1. The summed E-state index contributed by atoms with van der Waals surface area (Å²) in [5.41, 5.74) is 1.28. The summed E-state index contributed by atoms with van der Waals surface area (Å²) in [4.78, 5) is 13.8. The molecular formula is C17H18F2N4O3S. The predicted molar refractivity (Wildman–Crippen MR) is 91.6 cm³/mol. The van der Waals surface area contributed by atoms with Gasteiger partial charge in [0.15, 0.2) is 11.6 Å². The number of nitrogens with zero attached hydrogens (tertiary/aromatic N) is 3. The fraction of sp³-hybridized carbons (Fsp3) is 0.412. The summed E-state index contributed by atoms with van der Waals surface area (Å²) >= 11 is 0. The van der Waals surface area contributed by atoms with Gasteiger partial charge in [-0.05, 0) is 37.1 Å². The van der Waals surface area contributed by atoms with E-state index in [-0.39, 0.29) is 37.0 Å². The Labute approximate surface area is 155 Å². The normalized spacial score (nSPS) is 18.7. The van der Waals surface area contributed by atoms with Gasteiger partial charge in [0.25, 0.3) is 5.91 Å². The molecule has 27 heavy (non-hydrogen) atoms. The van der Waals surface area contributed by atoms with Gasteiger partial charge in [0.05, 0.1) is 4.90 Å². The Kier molecular flexibility index (Phi) is 4.47. The average Bonchev–Trinajstić information content (AvgIpc) is 3.40. The molecule has 1 aliphatic carbocycles. The number of carbonyl (C=O) groups excluding carboxylic acids is 1. The van der Waals surface area contributed by atoms with E-state index < -0.39 is 21.7 Å². The molecule has 2 aliphatic rings. The first-order valence-electron chi connectivity index (χ1n) is 8.66. The largest absolute Gasteiger partial charge is 0.335 e. The summed E-state index contributed by atoms with van der Waals surface area (Å²) in [5.74, 6) is -2.11. The molecule has 0 radical (unpaired) electrons. The second-order valence-electron chi connectivity index (χ2n) is 6.76. The summed E-state index contributed by atoms with van der Waals surface area (Å²) in [5, 5.41) is 6.94. The first-order valence-corrected chi connectivity index (χ1v) is 10.1. The Morgan fingerprint density at radius 3 is 2.41 bits per heavy atom. The van der Waals surface area contributed by atoms with Crippen LogP contribution >= 0.6 is 0 Å². The monoisotopic (exact) mass is 396 g/mol. The lowest BCUT2D eigenvalue weighted by Gasteiger charge is -2.33. The molecule has 0 bridgehead atoms. The third-order valence-corrected chi connectivity index (χ3v) is 6.78. The van der Waals surface area contributed by atoms with Gasteiger partial charge in [-0.25, -0.2) is 17.2 Å². The van der Waals surface area contributed by atoms with Crippen LogP contribution in [0.2, 0.25) is 0 Å². The molecule has 7 nitrogen and oxygen atoms in total. The van der Waals surface area contributed by atoms with Crippen molar-refractivity contribution >= 4 is 15.9 Å². The molecule has 2 fully saturated rings. The fourth-order valence-corrected chi connectivity index (χ4v) is 4.56. The number of halogens is 2. The standard InChI is InChI=1S/C17H18F2N4O3S/c18-13-4-3-12(9-14(13)19)27(25,26)23-7-5-22(6-8-23)17(24)16-10-15(20-21-16)11-1-2-11/h3-4,9-11H,1-2,5-8H2,(H,20,21). The third kappa shape index (κ3) is 3.46. The average molecular weight is 396 g/mol. The summed E-state index contributed by atoms with van der Waals surface area (Å²) in [6.45, 7) is 0.556. The molecule has 0 atom stereocenters. The van der Waals surface area contributed by atoms with Crippen molar-refractivity contribution in [3.8, 4) is 0 Å². The van der Waals surface area contributed by atoms with Gasteiger partial charge in [-0.15, -0.1) is 0 Å². The molecule has 2 heterocycles. The first kappa shape index (κ1) is 18.1. The van der Waals surface area contributed by atoms with Crippen LogP contribution in [0.3, 0.4) is 0 Å². The van der Waals surface area contributed by atoms with Crippen LogP contribution in [-0.4, -0.2) is 59.9 Å². The highest BCUT2D eigenvalue weighted by atomic mass is 32.2. The quantitative estimate of drug-likeness (QED) is 0.853. The second kappa shape index (κ2) is 6.68. The van der Waals surface area contributed by atoms with E-state index >= 15 is 0 Å². The summed E-state index contributed by atoms with van der Waals surface area (Å²) in [6.07, 6.45) is 2.19. The van der Waals surface area contributed by atoms with Crippen molar-refractivity contribution in [1.29, 1.82) is 0 Å². The lowest BCUT2D eigenvalue weighted by Crippen LogP contribution is -2.50. The van der Waals surface area contributed by atoms with Crippen LogP contribution in [0.1, 0.15) is 34.9 Å². The number of hydrogen-bond donors (Lipinski definition) is 1. The number of H-pyrrole nitrogens is 1. The number of carbonyl (C=O) groups is 1. The van der Waals surface area contributed by atoms with Crippen molar-refractivity contribution in [2.45, 2.75) is 23.7 Å². The van der Waals surface area contributed by atoms with E-state index in [4.69, 9.17) is 0 Å². The number of hydrogen-bond acceptors (Lipinski definition) is 4. The van der Waals surface area contributed by atoms with Crippen LogP contribution in [0.5, 0.6) is 0 Å². The summed E-state index contributed by atoms with van der Waals surface area (Å²) in [7, 11) is -3.95. The minimum Gasteiger partial charge on any atom is -0.335 e. The molecule has 0 spiro atoms. The number of rotatable bonds is 4. The zero-order chi connectivity index (χ0) is 19.2. The number of aromatic nitrogens is 2. The van der Waals surface area contributed by atoms with Crippen LogP contribution < -0.4 is 0 Å². The lowest BCUT2D eigenvalue weighted by atomic mass is 10.2. The Morgan fingerprint density at radius 2 is 1.78 bits per heavy atom. The summed E-state index contributed by atoms with van der Waals surface area (Å²) < 4.78 is 52.8. The van der Waals surface area contributed by atoms with Crippen molar-refractivity contribution in [2.24, 2.45) is 0 Å². The van der Waals surface area contributed by atoms with Crippen molar-refractivity contribution in [2.75, 3.05) is 26.2 Å². The molecule has 1 N–H and O–H groups in total. The van der Waals surface area contributed by atoms with Crippen LogP contribution in [0.15, 0.2) is 29.2 Å². The van der Waals surface area contributed by atoms with Crippen molar-refractivity contribution in [3.05, 3.63) is 47.3 Å². The van der Waals surface area contributed by atoms with Crippen LogP contribution in [-0.2, 0) is 10.0 Å².